The molecular formula is C28H28Cl2N4O2. The smallest absolute Gasteiger partial charge is 0.253 e. The summed E-state index contributed by atoms with van der Waals surface area (Å²) in [6.07, 6.45) is 0.624. The van der Waals surface area contributed by atoms with E-state index in [1.165, 1.54) is 0 Å². The topological polar surface area (TPSA) is 71.1 Å². The number of ketones is 1. The minimum absolute atomic E-state index is 0.00940. The molecular weight excluding hydrogens is 495 g/mol. The Hall–Kier alpha value is -3.35. The zero-order valence-electron chi connectivity index (χ0n) is 20.5. The molecule has 3 aromatic carbocycles. The van der Waals surface area contributed by atoms with Gasteiger partial charge in [-0.1, -0.05) is 35.3 Å². The molecule has 0 radical (unpaired) electrons. The second kappa shape index (κ2) is 10.7. The Kier molecular flexibility index (Phi) is 7.67. The standard InChI is InChI=1S/C28H28Cl2N4O2/c1-18-8-9-21(16-19(18)2)27(36)32(3)14-5-15-33-26-23(30)6-4-7-24(26)34(28(33)31)17-25(35)20-10-12-22(29)13-11-20/h4,6-13,16,31H,5,14-15,17H2,1-3H3. The molecule has 36 heavy (non-hydrogen) atoms. The summed E-state index contributed by atoms with van der Waals surface area (Å²) in [5.74, 6) is -0.161. The van der Waals surface area contributed by atoms with Gasteiger partial charge in [0.2, 0.25) is 5.62 Å². The van der Waals surface area contributed by atoms with Crippen molar-refractivity contribution in [2.24, 2.45) is 0 Å². The minimum Gasteiger partial charge on any atom is -0.342 e. The number of nitrogens with zero attached hydrogens (tertiary/aromatic N) is 3. The van der Waals surface area contributed by atoms with Crippen LogP contribution in [-0.2, 0) is 13.1 Å². The fraction of sp³-hybridized carbons (Fsp3) is 0.250. The summed E-state index contributed by atoms with van der Waals surface area (Å²) in [6, 6.07) is 17.9. The van der Waals surface area contributed by atoms with Gasteiger partial charge in [-0.2, -0.15) is 0 Å². The first kappa shape index (κ1) is 25.7. The Labute approximate surface area is 220 Å². The van der Waals surface area contributed by atoms with E-state index in [9.17, 15) is 9.59 Å². The molecule has 8 heteroatoms. The maximum atomic E-state index is 12.9. The first-order valence-corrected chi connectivity index (χ1v) is 12.5. The van der Waals surface area contributed by atoms with Crippen molar-refractivity contribution in [1.82, 2.24) is 14.0 Å². The summed E-state index contributed by atoms with van der Waals surface area (Å²) in [7, 11) is 1.78. The largest absolute Gasteiger partial charge is 0.342 e. The highest BCUT2D eigenvalue weighted by molar-refractivity contribution is 6.35. The number of carbonyl (C=O) groups is 2. The van der Waals surface area contributed by atoms with Gasteiger partial charge in [0.25, 0.3) is 5.91 Å². The van der Waals surface area contributed by atoms with Crippen molar-refractivity contribution in [2.45, 2.75) is 33.4 Å². The molecule has 0 saturated heterocycles. The fourth-order valence-corrected chi connectivity index (χ4v) is 4.66. The SMILES string of the molecule is Cc1ccc(C(=O)N(C)CCCn2c(=N)n(CC(=O)c3ccc(Cl)cc3)c3cccc(Cl)c32)cc1C. The highest BCUT2D eigenvalue weighted by Gasteiger charge is 2.18. The molecule has 0 fully saturated rings. The predicted molar refractivity (Wildman–Crippen MR) is 144 cm³/mol. The maximum absolute atomic E-state index is 12.9. The van der Waals surface area contributed by atoms with Crippen LogP contribution in [0.5, 0.6) is 0 Å². The van der Waals surface area contributed by atoms with Crippen LogP contribution in [0.1, 0.15) is 38.3 Å². The summed E-state index contributed by atoms with van der Waals surface area (Å²) in [6.45, 7) is 5.02. The Morgan fingerprint density at radius 2 is 1.61 bits per heavy atom. The van der Waals surface area contributed by atoms with Crippen molar-refractivity contribution in [3.63, 3.8) is 0 Å². The maximum Gasteiger partial charge on any atom is 0.253 e. The number of nitrogens with one attached hydrogen (secondary N) is 1. The Morgan fingerprint density at radius 3 is 2.31 bits per heavy atom. The molecule has 1 heterocycles. The molecule has 1 aromatic heterocycles. The third-order valence-corrected chi connectivity index (χ3v) is 7.04. The van der Waals surface area contributed by atoms with Gasteiger partial charge in [-0.3, -0.25) is 15.0 Å². The number of aromatic nitrogens is 2. The molecule has 4 aromatic rings. The lowest BCUT2D eigenvalue weighted by molar-refractivity contribution is 0.0791. The summed E-state index contributed by atoms with van der Waals surface area (Å²) < 4.78 is 3.48. The van der Waals surface area contributed by atoms with Crippen LogP contribution in [0.4, 0.5) is 0 Å². The van der Waals surface area contributed by atoms with Crippen LogP contribution in [0, 0.1) is 19.3 Å². The highest BCUT2D eigenvalue weighted by Crippen LogP contribution is 2.23. The highest BCUT2D eigenvalue weighted by atomic mass is 35.5. The Balaban J connectivity index is 1.54. The summed E-state index contributed by atoms with van der Waals surface area (Å²) >= 11 is 12.5. The monoisotopic (exact) mass is 522 g/mol. The number of hydrogen-bond donors (Lipinski definition) is 1. The lowest BCUT2D eigenvalue weighted by atomic mass is 10.1. The van der Waals surface area contributed by atoms with Crippen LogP contribution in [0.15, 0.2) is 60.7 Å². The van der Waals surface area contributed by atoms with Crippen LogP contribution in [0.25, 0.3) is 11.0 Å². The third-order valence-electron chi connectivity index (χ3n) is 6.48. The van der Waals surface area contributed by atoms with Gasteiger partial charge in [0.05, 0.1) is 22.6 Å². The van der Waals surface area contributed by atoms with E-state index in [1.54, 1.807) is 51.4 Å². The van der Waals surface area contributed by atoms with E-state index in [4.69, 9.17) is 28.6 Å². The fourth-order valence-electron chi connectivity index (χ4n) is 4.27. The van der Waals surface area contributed by atoms with Gasteiger partial charge in [0.15, 0.2) is 5.78 Å². The second-order valence-electron chi connectivity index (χ2n) is 8.98. The molecule has 1 amide bonds. The molecule has 0 saturated carbocycles. The van der Waals surface area contributed by atoms with E-state index in [0.29, 0.717) is 46.2 Å². The molecule has 0 bridgehead atoms. The van der Waals surface area contributed by atoms with Gasteiger partial charge in [-0.25, -0.2) is 0 Å². The lowest BCUT2D eigenvalue weighted by Crippen LogP contribution is -2.31. The molecule has 0 spiro atoms. The van der Waals surface area contributed by atoms with Crippen LogP contribution in [-0.4, -0.2) is 39.3 Å². The number of rotatable bonds is 8. The number of para-hydroxylation sites is 1. The van der Waals surface area contributed by atoms with Crippen molar-refractivity contribution in [1.29, 1.82) is 5.41 Å². The van der Waals surface area contributed by atoms with E-state index in [1.807, 2.05) is 44.2 Å². The number of benzene rings is 3. The van der Waals surface area contributed by atoms with Gasteiger partial charge in [0.1, 0.15) is 0 Å². The third kappa shape index (κ3) is 5.25. The van der Waals surface area contributed by atoms with Crippen molar-refractivity contribution in [3.8, 4) is 0 Å². The molecule has 0 atom stereocenters. The van der Waals surface area contributed by atoms with Crippen molar-refractivity contribution in [3.05, 3.63) is 98.6 Å². The number of halogens is 2. The first-order valence-electron chi connectivity index (χ1n) is 11.7. The van der Waals surface area contributed by atoms with Gasteiger partial charge in [0, 0.05) is 36.3 Å². The number of hydrogen-bond acceptors (Lipinski definition) is 3. The van der Waals surface area contributed by atoms with Crippen molar-refractivity contribution < 1.29 is 9.59 Å². The predicted octanol–water partition coefficient (Wildman–Crippen LogP) is 5.89. The van der Waals surface area contributed by atoms with E-state index < -0.39 is 0 Å². The molecule has 6 nitrogen and oxygen atoms in total. The lowest BCUT2D eigenvalue weighted by Gasteiger charge is -2.18. The van der Waals surface area contributed by atoms with Crippen LogP contribution < -0.4 is 5.62 Å². The quantitative estimate of drug-likeness (QED) is 0.293. The van der Waals surface area contributed by atoms with Crippen LogP contribution in [0.2, 0.25) is 10.0 Å². The number of fused-ring (bicyclic) bond motifs is 1. The van der Waals surface area contributed by atoms with Gasteiger partial charge in [-0.05, 0) is 79.9 Å². The van der Waals surface area contributed by atoms with Crippen molar-refractivity contribution in [2.75, 3.05) is 13.6 Å². The average molecular weight is 523 g/mol. The average Bonchev–Trinajstić information content (AvgIpc) is 3.12. The molecule has 186 valence electrons. The molecule has 0 aliphatic rings. The number of imidazole rings is 1. The van der Waals surface area contributed by atoms with E-state index in [2.05, 4.69) is 0 Å². The van der Waals surface area contributed by atoms with Gasteiger partial charge >= 0.3 is 0 Å². The molecule has 4 rings (SSSR count). The number of Topliss-reactive ketones (excluding diaryl/α,β-unsaturated/α-hetero) is 1. The normalized spacial score (nSPS) is 11.1. The molecule has 1 N–H and O–H groups in total. The summed E-state index contributed by atoms with van der Waals surface area (Å²) in [5.41, 5.74) is 5.03. The zero-order valence-corrected chi connectivity index (χ0v) is 22.0. The molecule has 0 aliphatic carbocycles. The van der Waals surface area contributed by atoms with Crippen LogP contribution in [0.3, 0.4) is 0 Å². The van der Waals surface area contributed by atoms with Gasteiger partial charge < -0.3 is 14.0 Å². The number of amides is 1. The summed E-state index contributed by atoms with van der Waals surface area (Å²) in [5, 5.41) is 9.90. The molecule has 0 unspecified atom stereocenters. The second-order valence-corrected chi connectivity index (χ2v) is 9.82. The summed E-state index contributed by atoms with van der Waals surface area (Å²) in [4.78, 5) is 27.5. The van der Waals surface area contributed by atoms with Gasteiger partial charge in [-0.15, -0.1) is 0 Å². The van der Waals surface area contributed by atoms with Crippen LogP contribution >= 0.6 is 23.2 Å². The number of aryl methyl sites for hydroxylation is 3. The molecule has 0 aliphatic heterocycles. The Bertz CT molecular complexity index is 1500. The minimum atomic E-state index is -0.122. The Morgan fingerprint density at radius 1 is 0.917 bits per heavy atom. The number of carbonyl (C=O) groups excluding carboxylic acids is 2. The zero-order chi connectivity index (χ0) is 26.0. The van der Waals surface area contributed by atoms with E-state index in [-0.39, 0.29) is 23.9 Å². The first-order chi connectivity index (χ1) is 17.2. The van der Waals surface area contributed by atoms with E-state index in [0.717, 1.165) is 16.6 Å². The van der Waals surface area contributed by atoms with E-state index >= 15 is 0 Å². The van der Waals surface area contributed by atoms with Crippen molar-refractivity contribution >= 4 is 45.9 Å².